The third kappa shape index (κ3) is 4.20. The average molecular weight is 639 g/mol. The Labute approximate surface area is 241 Å². The zero-order chi connectivity index (χ0) is 32.0. The summed E-state index contributed by atoms with van der Waals surface area (Å²) < 4.78 is 137. The van der Waals surface area contributed by atoms with Crippen LogP contribution in [-0.4, -0.2) is 67.6 Å². The first-order chi connectivity index (χ1) is 19.7. The highest BCUT2D eigenvalue weighted by atomic mass is 32.2. The number of fused-ring (bicyclic) bond motifs is 3. The molecule has 3 atom stereocenters. The van der Waals surface area contributed by atoms with Crippen LogP contribution in [0.2, 0.25) is 0 Å². The van der Waals surface area contributed by atoms with Crippen LogP contribution in [0.4, 0.5) is 35.1 Å². The summed E-state index contributed by atoms with van der Waals surface area (Å²) in [6.07, 6.45) is -13.3. The zero-order valence-electron chi connectivity index (χ0n) is 22.8. The Morgan fingerprint density at radius 2 is 1.53 bits per heavy atom. The summed E-state index contributed by atoms with van der Waals surface area (Å²) in [6.45, 7) is 1.37. The summed E-state index contributed by atoms with van der Waals surface area (Å²) >= 11 is 0. The van der Waals surface area contributed by atoms with Crippen molar-refractivity contribution < 1.29 is 53.1 Å². The number of carbonyl (C=O) groups excluding carboxylic acids is 2. The van der Waals surface area contributed by atoms with Crippen molar-refractivity contribution in [3.05, 3.63) is 65.0 Å². The summed E-state index contributed by atoms with van der Waals surface area (Å²) in [4.78, 5) is 28.4. The van der Waals surface area contributed by atoms with E-state index in [1.54, 1.807) is 0 Å². The summed E-state index contributed by atoms with van der Waals surface area (Å²) in [6, 6.07) is 4.01. The van der Waals surface area contributed by atoms with E-state index in [9.17, 15) is 53.1 Å². The first-order valence-corrected chi connectivity index (χ1v) is 14.8. The van der Waals surface area contributed by atoms with Gasteiger partial charge in [-0.3, -0.25) is 9.59 Å². The van der Waals surface area contributed by atoms with Crippen LogP contribution in [0.3, 0.4) is 0 Å². The molecule has 2 aromatic carbocycles. The van der Waals surface area contributed by atoms with Crippen molar-refractivity contribution in [2.24, 2.45) is 0 Å². The van der Waals surface area contributed by atoms with Gasteiger partial charge in [-0.25, -0.2) is 17.2 Å². The summed E-state index contributed by atoms with van der Waals surface area (Å²) in [7, 11) is -3.17. The zero-order valence-corrected chi connectivity index (χ0v) is 23.6. The number of carbonyl (C=O) groups is 2. The molecule has 234 valence electrons. The number of alkyl halides is 7. The van der Waals surface area contributed by atoms with Gasteiger partial charge in [-0.15, -0.1) is 0 Å². The molecule has 0 bridgehead atoms. The number of likely N-dealkylation sites (N-methyl/N-ethyl adjacent to an activating group) is 1. The minimum atomic E-state index is -6.37. The predicted octanol–water partition coefficient (Wildman–Crippen LogP) is 5.34. The van der Waals surface area contributed by atoms with Crippen molar-refractivity contribution in [3.63, 3.8) is 0 Å². The van der Waals surface area contributed by atoms with E-state index in [0.29, 0.717) is 6.07 Å². The van der Waals surface area contributed by atoms with Gasteiger partial charge in [0, 0.05) is 25.6 Å². The van der Waals surface area contributed by atoms with E-state index in [-0.39, 0.29) is 66.6 Å². The van der Waals surface area contributed by atoms with Crippen LogP contribution >= 0.6 is 0 Å². The van der Waals surface area contributed by atoms with Crippen molar-refractivity contribution in [3.8, 4) is 0 Å². The van der Waals surface area contributed by atoms with Gasteiger partial charge in [0.1, 0.15) is 16.1 Å². The summed E-state index contributed by atoms with van der Waals surface area (Å²) in [5, 5.41) is 0. The minimum Gasteiger partial charge on any atom is -0.336 e. The van der Waals surface area contributed by atoms with Crippen LogP contribution in [0.25, 0.3) is 0 Å². The van der Waals surface area contributed by atoms with Crippen LogP contribution < -0.4 is 0 Å². The Bertz CT molecular complexity index is 1580. The van der Waals surface area contributed by atoms with E-state index < -0.39 is 61.5 Å². The van der Waals surface area contributed by atoms with E-state index in [0.717, 1.165) is 30.3 Å². The van der Waals surface area contributed by atoms with Crippen LogP contribution in [0.15, 0.2) is 47.4 Å². The van der Waals surface area contributed by atoms with Crippen LogP contribution in [0.1, 0.15) is 49.3 Å². The smallest absolute Gasteiger partial charge is 0.336 e. The number of sulfone groups is 1. The molecule has 2 aliphatic heterocycles. The largest absolute Gasteiger partial charge is 0.435 e. The lowest BCUT2D eigenvalue weighted by molar-refractivity contribution is -0.348. The normalized spacial score (nSPS) is 26.5. The number of halogens is 8. The standard InChI is InChI=1S/C28H26F8N2O4S/c1-24(12-11-22(39)37(24)2)23(40)38-14-13-25(43(41,42)19-7-5-18(29)6-8-19)20-9-4-17(15-16(20)3-10-21(25)38)26(30,27(31,32)33)28(34,35)36/h4-9,15,21H,3,10-14H2,1-2H3/t21-,24?,25-/m1/s1. The summed E-state index contributed by atoms with van der Waals surface area (Å²) in [5.74, 6) is -1.62. The molecule has 0 N–H and O–H groups in total. The number of likely N-dealkylation sites (tertiary alicyclic amines) is 2. The number of rotatable bonds is 4. The van der Waals surface area contributed by atoms with Crippen LogP contribution in [0, 0.1) is 5.82 Å². The number of hydrogen-bond acceptors (Lipinski definition) is 4. The second-order valence-electron chi connectivity index (χ2n) is 11.4. The maximum atomic E-state index is 15.0. The lowest BCUT2D eigenvalue weighted by Gasteiger charge is -2.45. The van der Waals surface area contributed by atoms with Crippen molar-refractivity contribution >= 4 is 21.7 Å². The molecular formula is C28H26F8N2O4S. The molecule has 2 aromatic rings. The molecule has 2 heterocycles. The Balaban J connectivity index is 1.70. The first kappa shape index (κ1) is 31.2. The van der Waals surface area contributed by atoms with Crippen molar-refractivity contribution in [2.45, 2.75) is 78.3 Å². The molecule has 43 heavy (non-hydrogen) atoms. The van der Waals surface area contributed by atoms with Crippen molar-refractivity contribution in [2.75, 3.05) is 13.6 Å². The number of hydrogen-bond donors (Lipinski definition) is 0. The molecule has 2 fully saturated rings. The molecule has 3 aliphatic rings. The molecule has 6 nitrogen and oxygen atoms in total. The van der Waals surface area contributed by atoms with Gasteiger partial charge in [-0.05, 0) is 68.0 Å². The molecule has 0 radical (unpaired) electrons. The van der Waals surface area contributed by atoms with Crippen LogP contribution in [-0.2, 0) is 36.3 Å². The topological polar surface area (TPSA) is 74.8 Å². The fourth-order valence-electron chi connectivity index (χ4n) is 6.82. The molecule has 0 spiro atoms. The lowest BCUT2D eigenvalue weighted by atomic mass is 9.76. The quantitative estimate of drug-likeness (QED) is 0.335. The number of nitrogens with zero attached hydrogens (tertiary/aromatic N) is 2. The molecular weight excluding hydrogens is 612 g/mol. The van der Waals surface area contributed by atoms with Gasteiger partial charge in [-0.1, -0.05) is 18.2 Å². The van der Waals surface area contributed by atoms with Gasteiger partial charge >= 0.3 is 18.0 Å². The Hall–Kier alpha value is -3.23. The Morgan fingerprint density at radius 1 is 0.930 bits per heavy atom. The monoisotopic (exact) mass is 638 g/mol. The van der Waals surface area contributed by atoms with Gasteiger partial charge in [0.2, 0.25) is 11.8 Å². The van der Waals surface area contributed by atoms with E-state index >= 15 is 0 Å². The maximum Gasteiger partial charge on any atom is 0.435 e. The minimum absolute atomic E-state index is 0.0747. The highest BCUT2D eigenvalue weighted by Crippen LogP contribution is 2.57. The fraction of sp³-hybridized carbons (Fsp3) is 0.500. The summed E-state index contributed by atoms with van der Waals surface area (Å²) in [5.41, 5.74) is -9.20. The SMILES string of the molecule is CN1C(=O)CCC1(C)C(=O)N1CC[C@@]2(S(=O)(=O)c3ccc(F)cc3)c3ccc(C(F)(C(F)(F)F)C(F)(F)F)cc3CC[C@@H]12. The maximum absolute atomic E-state index is 15.0. The number of amides is 2. The Kier molecular flexibility index (Phi) is 6.99. The Morgan fingerprint density at radius 3 is 2.07 bits per heavy atom. The van der Waals surface area contributed by atoms with E-state index in [4.69, 9.17) is 0 Å². The van der Waals surface area contributed by atoms with Gasteiger partial charge in [-0.2, -0.15) is 26.3 Å². The van der Waals surface area contributed by atoms with Gasteiger partial charge < -0.3 is 9.80 Å². The lowest BCUT2D eigenvalue weighted by Crippen LogP contribution is -2.59. The van der Waals surface area contributed by atoms with Gasteiger partial charge in [0.05, 0.1) is 10.9 Å². The molecule has 0 saturated carbocycles. The first-order valence-electron chi connectivity index (χ1n) is 13.3. The van der Waals surface area contributed by atoms with Gasteiger partial charge in [0.25, 0.3) is 0 Å². The number of benzene rings is 2. The van der Waals surface area contributed by atoms with Gasteiger partial charge in [0.15, 0.2) is 9.84 Å². The molecule has 1 unspecified atom stereocenters. The molecule has 5 rings (SSSR count). The molecule has 2 saturated heterocycles. The van der Waals surface area contributed by atoms with E-state index in [1.165, 1.54) is 23.8 Å². The fourth-order valence-corrected chi connectivity index (χ4v) is 9.18. The number of aryl methyl sites for hydroxylation is 1. The molecule has 1 aliphatic carbocycles. The second-order valence-corrected chi connectivity index (χ2v) is 13.6. The average Bonchev–Trinajstić information content (AvgIpc) is 3.46. The predicted molar refractivity (Wildman–Crippen MR) is 135 cm³/mol. The second kappa shape index (κ2) is 9.63. The highest BCUT2D eigenvalue weighted by Gasteiger charge is 2.74. The molecule has 15 heteroatoms. The van der Waals surface area contributed by atoms with Crippen molar-refractivity contribution in [1.82, 2.24) is 9.80 Å². The van der Waals surface area contributed by atoms with E-state index in [1.807, 2.05) is 0 Å². The van der Waals surface area contributed by atoms with Crippen molar-refractivity contribution in [1.29, 1.82) is 0 Å². The van der Waals surface area contributed by atoms with Crippen LogP contribution in [0.5, 0.6) is 0 Å². The third-order valence-corrected chi connectivity index (χ3v) is 11.9. The molecule has 2 amide bonds. The highest BCUT2D eigenvalue weighted by molar-refractivity contribution is 7.92. The van der Waals surface area contributed by atoms with E-state index in [2.05, 4.69) is 0 Å². The third-order valence-electron chi connectivity index (χ3n) is 9.33. The molecule has 0 aromatic heterocycles.